The van der Waals surface area contributed by atoms with Crippen molar-refractivity contribution in [3.05, 3.63) is 107 Å². The first-order valence-corrected chi connectivity index (χ1v) is 11.0. The molecule has 2 N–H and O–H groups in total. The molecule has 3 nitrogen and oxygen atoms in total. The standard InChI is InChI=1S/C28H25N3/c1-18-9-14-27-25(15-18)23-6-4-7-24(23)28(31-27)19-10-12-21(13-11-19)29-17-22-16-20-5-2-3-8-26(20)30-22/h2-6,8-17,23-24,28,30-31H,7H2,1H3/t23-,24-,28+/m1/s1. The van der Waals surface area contributed by atoms with E-state index in [-0.39, 0.29) is 0 Å². The van der Waals surface area contributed by atoms with Gasteiger partial charge in [0.05, 0.1) is 23.6 Å². The molecule has 0 saturated carbocycles. The van der Waals surface area contributed by atoms with E-state index in [0.717, 1.165) is 23.3 Å². The van der Waals surface area contributed by atoms with E-state index in [1.54, 1.807) is 0 Å². The summed E-state index contributed by atoms with van der Waals surface area (Å²) in [6, 6.07) is 26.2. The molecule has 152 valence electrons. The van der Waals surface area contributed by atoms with Crippen molar-refractivity contribution in [1.82, 2.24) is 4.98 Å². The molecule has 2 heterocycles. The van der Waals surface area contributed by atoms with E-state index in [1.165, 1.54) is 27.8 Å². The van der Waals surface area contributed by atoms with Crippen LogP contribution in [0.4, 0.5) is 11.4 Å². The molecule has 0 bridgehead atoms. The molecule has 1 aliphatic heterocycles. The molecular weight excluding hydrogens is 378 g/mol. The Balaban J connectivity index is 1.25. The van der Waals surface area contributed by atoms with E-state index in [0.29, 0.717) is 17.9 Å². The number of aromatic nitrogens is 1. The van der Waals surface area contributed by atoms with Crippen molar-refractivity contribution in [3.8, 4) is 0 Å². The van der Waals surface area contributed by atoms with Crippen LogP contribution in [0.3, 0.4) is 0 Å². The molecule has 3 atom stereocenters. The summed E-state index contributed by atoms with van der Waals surface area (Å²) >= 11 is 0. The van der Waals surface area contributed by atoms with E-state index in [1.807, 2.05) is 12.3 Å². The Bertz CT molecular complexity index is 1280. The number of H-pyrrole nitrogens is 1. The van der Waals surface area contributed by atoms with Crippen LogP contribution in [0.25, 0.3) is 10.9 Å². The smallest absolute Gasteiger partial charge is 0.0630 e. The van der Waals surface area contributed by atoms with Gasteiger partial charge in [-0.3, -0.25) is 4.99 Å². The molecule has 3 heteroatoms. The quantitative estimate of drug-likeness (QED) is 0.279. The minimum atomic E-state index is 0.321. The minimum absolute atomic E-state index is 0.321. The molecule has 0 spiro atoms. The van der Waals surface area contributed by atoms with Crippen LogP contribution >= 0.6 is 0 Å². The summed E-state index contributed by atoms with van der Waals surface area (Å²) in [4.78, 5) is 8.08. The van der Waals surface area contributed by atoms with Gasteiger partial charge in [0.1, 0.15) is 0 Å². The molecule has 0 amide bonds. The second kappa shape index (κ2) is 7.28. The minimum Gasteiger partial charge on any atom is -0.378 e. The number of nitrogens with one attached hydrogen (secondary N) is 2. The van der Waals surface area contributed by atoms with Crippen molar-refractivity contribution >= 4 is 28.5 Å². The molecule has 0 radical (unpaired) electrons. The molecule has 0 fully saturated rings. The van der Waals surface area contributed by atoms with Crippen molar-refractivity contribution in [3.63, 3.8) is 0 Å². The molecule has 0 saturated heterocycles. The molecule has 3 aromatic carbocycles. The average Bonchev–Trinajstić information content (AvgIpc) is 3.45. The maximum absolute atomic E-state index is 4.68. The van der Waals surface area contributed by atoms with Gasteiger partial charge in [0.2, 0.25) is 0 Å². The van der Waals surface area contributed by atoms with E-state index >= 15 is 0 Å². The number of aryl methyl sites for hydroxylation is 1. The lowest BCUT2D eigenvalue weighted by molar-refractivity contribution is 0.425. The van der Waals surface area contributed by atoms with Crippen molar-refractivity contribution in [2.24, 2.45) is 10.9 Å². The number of hydrogen-bond donors (Lipinski definition) is 2. The third-order valence-electron chi connectivity index (χ3n) is 6.67. The molecule has 1 aliphatic carbocycles. The van der Waals surface area contributed by atoms with Gasteiger partial charge in [-0.15, -0.1) is 0 Å². The average molecular weight is 404 g/mol. The fourth-order valence-corrected chi connectivity index (χ4v) is 5.12. The highest BCUT2D eigenvalue weighted by Gasteiger charge is 2.37. The molecule has 0 unspecified atom stereocenters. The van der Waals surface area contributed by atoms with Gasteiger partial charge in [-0.2, -0.15) is 0 Å². The van der Waals surface area contributed by atoms with Gasteiger partial charge in [-0.25, -0.2) is 0 Å². The number of para-hydroxylation sites is 1. The summed E-state index contributed by atoms with van der Waals surface area (Å²) in [7, 11) is 0. The van der Waals surface area contributed by atoms with Crippen molar-refractivity contribution < 1.29 is 0 Å². The first kappa shape index (κ1) is 18.2. The maximum Gasteiger partial charge on any atom is 0.0630 e. The second-order valence-electron chi connectivity index (χ2n) is 8.73. The van der Waals surface area contributed by atoms with E-state index in [9.17, 15) is 0 Å². The van der Waals surface area contributed by atoms with Crippen molar-refractivity contribution in [2.45, 2.75) is 25.3 Å². The van der Waals surface area contributed by atoms with E-state index in [2.05, 4.69) is 101 Å². The zero-order valence-electron chi connectivity index (χ0n) is 17.5. The number of fused-ring (bicyclic) bond motifs is 4. The normalized spacial score (nSPS) is 21.9. The number of aromatic amines is 1. The fraction of sp³-hybridized carbons (Fsp3) is 0.179. The van der Waals surface area contributed by atoms with E-state index in [4.69, 9.17) is 0 Å². The van der Waals surface area contributed by atoms with Gasteiger partial charge in [0, 0.05) is 22.5 Å². The highest BCUT2D eigenvalue weighted by atomic mass is 15.0. The maximum atomic E-state index is 4.68. The van der Waals surface area contributed by atoms with Gasteiger partial charge in [-0.1, -0.05) is 60.2 Å². The van der Waals surface area contributed by atoms with Crippen molar-refractivity contribution in [2.75, 3.05) is 5.32 Å². The van der Waals surface area contributed by atoms with Crippen molar-refractivity contribution in [1.29, 1.82) is 0 Å². The lowest BCUT2D eigenvalue weighted by atomic mass is 9.76. The summed E-state index contributed by atoms with van der Waals surface area (Å²) in [5.74, 6) is 1.07. The Morgan fingerprint density at radius 2 is 1.84 bits per heavy atom. The lowest BCUT2D eigenvalue weighted by Crippen LogP contribution is -2.29. The van der Waals surface area contributed by atoms with Gasteiger partial charge < -0.3 is 10.3 Å². The molecule has 4 aromatic rings. The van der Waals surface area contributed by atoms with Crippen LogP contribution in [-0.4, -0.2) is 11.2 Å². The van der Waals surface area contributed by atoms with E-state index < -0.39 is 0 Å². The molecule has 2 aliphatic rings. The first-order valence-electron chi connectivity index (χ1n) is 11.0. The lowest BCUT2D eigenvalue weighted by Gasteiger charge is -2.37. The number of anilines is 1. The van der Waals surface area contributed by atoms with Gasteiger partial charge >= 0.3 is 0 Å². The summed E-state index contributed by atoms with van der Waals surface area (Å²) < 4.78 is 0. The van der Waals surface area contributed by atoms with Crippen LogP contribution in [-0.2, 0) is 0 Å². The number of hydrogen-bond acceptors (Lipinski definition) is 2. The Labute approximate surface area is 182 Å². The topological polar surface area (TPSA) is 40.2 Å². The SMILES string of the molecule is Cc1ccc2c(c1)[C@@H]1C=CC[C@H]1[C@H](c1ccc(N=Cc3cc4ccccc4[nH]3)cc1)N2. The monoisotopic (exact) mass is 403 g/mol. The Morgan fingerprint density at radius 3 is 2.71 bits per heavy atom. The number of nitrogens with zero attached hydrogens (tertiary/aromatic N) is 1. The third-order valence-corrected chi connectivity index (χ3v) is 6.67. The predicted octanol–water partition coefficient (Wildman–Crippen LogP) is 7.05. The van der Waals surface area contributed by atoms with Gasteiger partial charge in [0.25, 0.3) is 0 Å². The summed E-state index contributed by atoms with van der Waals surface area (Å²) in [6.45, 7) is 2.18. The van der Waals surface area contributed by atoms with Gasteiger partial charge in [-0.05, 0) is 60.7 Å². The van der Waals surface area contributed by atoms with Crippen LogP contribution in [0, 0.1) is 12.8 Å². The number of rotatable bonds is 3. The zero-order chi connectivity index (χ0) is 20.8. The largest absolute Gasteiger partial charge is 0.378 e. The molecular formula is C28H25N3. The van der Waals surface area contributed by atoms with Crippen LogP contribution in [0.15, 0.2) is 89.9 Å². The Morgan fingerprint density at radius 1 is 0.968 bits per heavy atom. The highest BCUT2D eigenvalue weighted by Crippen LogP contribution is 2.50. The van der Waals surface area contributed by atoms with Crippen LogP contribution in [0.1, 0.15) is 40.8 Å². The summed E-state index contributed by atoms with van der Waals surface area (Å²) in [5, 5.41) is 5.03. The second-order valence-corrected chi connectivity index (χ2v) is 8.73. The van der Waals surface area contributed by atoms with Gasteiger partial charge in [0.15, 0.2) is 0 Å². The summed E-state index contributed by atoms with van der Waals surface area (Å²) in [5.41, 5.74) is 8.49. The van der Waals surface area contributed by atoms with Crippen LogP contribution < -0.4 is 5.32 Å². The molecule has 1 aromatic heterocycles. The highest BCUT2D eigenvalue weighted by molar-refractivity contribution is 5.90. The third kappa shape index (κ3) is 3.27. The molecule has 6 rings (SSSR count). The Hall–Kier alpha value is -3.59. The number of benzene rings is 3. The number of allylic oxidation sites excluding steroid dienone is 2. The fourth-order valence-electron chi connectivity index (χ4n) is 5.12. The molecule has 31 heavy (non-hydrogen) atoms. The number of aliphatic imine (C=N–C) groups is 1. The predicted molar refractivity (Wildman–Crippen MR) is 130 cm³/mol. The van der Waals surface area contributed by atoms with Crippen LogP contribution in [0.2, 0.25) is 0 Å². The zero-order valence-corrected chi connectivity index (χ0v) is 17.5. The Kier molecular flexibility index (Phi) is 4.27. The first-order chi connectivity index (χ1) is 15.2. The van der Waals surface area contributed by atoms with Crippen LogP contribution in [0.5, 0.6) is 0 Å². The summed E-state index contributed by atoms with van der Waals surface area (Å²) in [6.07, 6.45) is 7.77.